The number of nitrogen functional groups attached to an aromatic ring is 1. The molecule has 0 unspecified atom stereocenters. The summed E-state index contributed by atoms with van der Waals surface area (Å²) in [5, 5.41) is 3.91. The molecule has 2 heterocycles. The lowest BCUT2D eigenvalue weighted by molar-refractivity contribution is -0.138. The van der Waals surface area contributed by atoms with E-state index in [0.29, 0.717) is 52.8 Å². The molecule has 1 aliphatic rings. The van der Waals surface area contributed by atoms with Crippen LogP contribution in [0.2, 0.25) is 0 Å². The molecule has 1 aliphatic heterocycles. The van der Waals surface area contributed by atoms with Crippen LogP contribution in [0.5, 0.6) is 11.5 Å². The molecule has 1 saturated heterocycles. The number of nitrogens with two attached hydrogens (primary N) is 1. The third-order valence-corrected chi connectivity index (χ3v) is 5.87. The number of rotatable bonds is 6. The van der Waals surface area contributed by atoms with Crippen LogP contribution >= 0.6 is 0 Å². The molecule has 34 heavy (non-hydrogen) atoms. The number of nitrogens with zero attached hydrogens (tertiary/aromatic N) is 2. The summed E-state index contributed by atoms with van der Waals surface area (Å²) in [6.45, 7) is 6.08. The molecule has 3 N–H and O–H groups in total. The van der Waals surface area contributed by atoms with Crippen molar-refractivity contribution in [1.82, 2.24) is 9.97 Å². The maximum Gasteiger partial charge on any atom is 0.416 e. The molecular formula is C24H27F3N4O3. The zero-order valence-corrected chi connectivity index (χ0v) is 19.4. The SMILES string of the molecule is COc1cc2nc(C)nc(N[C@H](C)c3cc(N)cc(C(F)(F)F)c3C)c2cc1O[C@H]1CCOC1. The van der Waals surface area contributed by atoms with Crippen LogP contribution in [0.4, 0.5) is 24.7 Å². The van der Waals surface area contributed by atoms with Gasteiger partial charge in [-0.1, -0.05) is 0 Å². The average molecular weight is 476 g/mol. The van der Waals surface area contributed by atoms with Crippen molar-refractivity contribution in [3.8, 4) is 11.5 Å². The number of hydrogen-bond donors (Lipinski definition) is 2. The van der Waals surface area contributed by atoms with Crippen LogP contribution in [-0.2, 0) is 10.9 Å². The monoisotopic (exact) mass is 476 g/mol. The summed E-state index contributed by atoms with van der Waals surface area (Å²) in [5.74, 6) is 2.02. The lowest BCUT2D eigenvalue weighted by Crippen LogP contribution is -2.17. The lowest BCUT2D eigenvalue weighted by Gasteiger charge is -2.22. The van der Waals surface area contributed by atoms with Crippen molar-refractivity contribution in [2.24, 2.45) is 0 Å². The number of aromatic nitrogens is 2. The number of fused-ring (bicyclic) bond motifs is 1. The van der Waals surface area contributed by atoms with Gasteiger partial charge in [0.2, 0.25) is 0 Å². The highest BCUT2D eigenvalue weighted by Gasteiger charge is 2.34. The number of ether oxygens (including phenoxy) is 3. The Kier molecular flexibility index (Phi) is 6.44. The zero-order valence-electron chi connectivity index (χ0n) is 19.4. The molecule has 4 rings (SSSR count). The Morgan fingerprint density at radius 2 is 1.91 bits per heavy atom. The van der Waals surface area contributed by atoms with Gasteiger partial charge in [0, 0.05) is 23.6 Å². The van der Waals surface area contributed by atoms with E-state index in [1.54, 1.807) is 39.2 Å². The zero-order chi connectivity index (χ0) is 24.6. The van der Waals surface area contributed by atoms with E-state index in [0.717, 1.165) is 12.5 Å². The van der Waals surface area contributed by atoms with Gasteiger partial charge in [-0.3, -0.25) is 0 Å². The van der Waals surface area contributed by atoms with Gasteiger partial charge in [0.25, 0.3) is 0 Å². The lowest BCUT2D eigenvalue weighted by atomic mass is 9.96. The minimum absolute atomic E-state index is 0.0458. The van der Waals surface area contributed by atoms with Crippen LogP contribution in [0.15, 0.2) is 24.3 Å². The second-order valence-electron chi connectivity index (χ2n) is 8.39. The minimum atomic E-state index is -4.50. The van der Waals surface area contributed by atoms with Crippen molar-refractivity contribution in [3.05, 3.63) is 46.8 Å². The molecule has 3 aromatic rings. The summed E-state index contributed by atoms with van der Waals surface area (Å²) in [7, 11) is 1.55. The normalized spacial score (nSPS) is 17.1. The van der Waals surface area contributed by atoms with Crippen LogP contribution < -0.4 is 20.5 Å². The molecule has 0 saturated carbocycles. The van der Waals surface area contributed by atoms with Crippen molar-refractivity contribution in [3.63, 3.8) is 0 Å². The van der Waals surface area contributed by atoms with Crippen LogP contribution in [0.25, 0.3) is 10.9 Å². The van der Waals surface area contributed by atoms with E-state index in [1.165, 1.54) is 6.92 Å². The Hall–Kier alpha value is -3.27. The smallest absolute Gasteiger partial charge is 0.416 e. The summed E-state index contributed by atoms with van der Waals surface area (Å²) in [4.78, 5) is 9.02. The molecule has 1 aromatic heterocycles. The molecule has 0 amide bonds. The first-order chi connectivity index (χ1) is 16.1. The van der Waals surface area contributed by atoms with Gasteiger partial charge < -0.3 is 25.3 Å². The fraction of sp³-hybridized carbons (Fsp3) is 0.417. The first-order valence-corrected chi connectivity index (χ1v) is 10.9. The Bertz CT molecular complexity index is 1210. The van der Waals surface area contributed by atoms with Crippen molar-refractivity contribution < 1.29 is 27.4 Å². The molecule has 182 valence electrons. The summed E-state index contributed by atoms with van der Waals surface area (Å²) in [6.07, 6.45) is -3.83. The van der Waals surface area contributed by atoms with Gasteiger partial charge >= 0.3 is 6.18 Å². The van der Waals surface area contributed by atoms with E-state index >= 15 is 0 Å². The summed E-state index contributed by atoms with van der Waals surface area (Å²) in [6, 6.07) is 5.54. The first-order valence-electron chi connectivity index (χ1n) is 10.9. The largest absolute Gasteiger partial charge is 0.493 e. The van der Waals surface area contributed by atoms with Crippen LogP contribution in [0, 0.1) is 13.8 Å². The number of halogens is 3. The highest BCUT2D eigenvalue weighted by Crippen LogP contribution is 2.39. The summed E-state index contributed by atoms with van der Waals surface area (Å²) in [5.41, 5.74) is 6.27. The fourth-order valence-electron chi connectivity index (χ4n) is 4.19. The molecule has 7 nitrogen and oxygen atoms in total. The van der Waals surface area contributed by atoms with Crippen molar-refractivity contribution in [1.29, 1.82) is 0 Å². The van der Waals surface area contributed by atoms with Crippen molar-refractivity contribution in [2.75, 3.05) is 31.4 Å². The number of alkyl halides is 3. The first kappa shape index (κ1) is 23.9. The highest BCUT2D eigenvalue weighted by atomic mass is 19.4. The molecule has 0 aliphatic carbocycles. The van der Waals surface area contributed by atoms with E-state index < -0.39 is 17.8 Å². The second kappa shape index (κ2) is 9.17. The van der Waals surface area contributed by atoms with Gasteiger partial charge in [-0.05, 0) is 50.1 Å². The maximum absolute atomic E-state index is 13.5. The number of methoxy groups -OCH3 is 1. The van der Waals surface area contributed by atoms with Crippen molar-refractivity contribution >= 4 is 22.4 Å². The Morgan fingerprint density at radius 1 is 1.15 bits per heavy atom. The Labute approximate surface area is 195 Å². The highest BCUT2D eigenvalue weighted by molar-refractivity contribution is 5.92. The molecule has 2 aromatic carbocycles. The van der Waals surface area contributed by atoms with Crippen LogP contribution in [0.3, 0.4) is 0 Å². The molecule has 2 atom stereocenters. The quantitative estimate of drug-likeness (QED) is 0.473. The second-order valence-corrected chi connectivity index (χ2v) is 8.39. The van der Waals surface area contributed by atoms with E-state index in [1.807, 2.05) is 0 Å². The maximum atomic E-state index is 13.5. The van der Waals surface area contributed by atoms with Gasteiger partial charge in [-0.15, -0.1) is 0 Å². The fourth-order valence-corrected chi connectivity index (χ4v) is 4.19. The third kappa shape index (κ3) is 4.82. The molecule has 0 radical (unpaired) electrons. The van der Waals surface area contributed by atoms with Crippen LogP contribution in [0.1, 0.15) is 41.9 Å². The number of nitrogens with one attached hydrogen (secondary N) is 1. The van der Waals surface area contributed by atoms with Gasteiger partial charge in [0.05, 0.1) is 37.4 Å². The third-order valence-electron chi connectivity index (χ3n) is 5.87. The number of hydrogen-bond acceptors (Lipinski definition) is 7. The van der Waals surface area contributed by atoms with E-state index in [4.69, 9.17) is 19.9 Å². The van der Waals surface area contributed by atoms with Gasteiger partial charge in [-0.2, -0.15) is 13.2 Å². The standard InChI is InChI=1S/C24H27F3N4O3/c1-12-17(7-15(28)8-19(12)24(25,26)27)13(2)29-23-18-9-22(34-16-5-6-33-11-16)21(32-4)10-20(18)30-14(3)31-23/h7-10,13,16H,5-6,11,28H2,1-4H3,(H,29,30,31)/t13-,16+/m1/s1. The number of aryl methyl sites for hydroxylation is 1. The number of benzene rings is 2. The van der Waals surface area contributed by atoms with E-state index in [9.17, 15) is 13.2 Å². The summed E-state index contributed by atoms with van der Waals surface area (Å²) < 4.78 is 57.5. The van der Waals surface area contributed by atoms with Gasteiger partial charge in [0.1, 0.15) is 17.7 Å². The predicted octanol–water partition coefficient (Wildman–Crippen LogP) is 5.20. The van der Waals surface area contributed by atoms with E-state index in [2.05, 4.69) is 15.3 Å². The van der Waals surface area contributed by atoms with Crippen molar-refractivity contribution in [2.45, 2.75) is 45.5 Å². The Balaban J connectivity index is 1.75. The molecular weight excluding hydrogens is 449 g/mol. The van der Waals surface area contributed by atoms with Gasteiger partial charge in [0.15, 0.2) is 11.5 Å². The predicted molar refractivity (Wildman–Crippen MR) is 123 cm³/mol. The van der Waals surface area contributed by atoms with E-state index in [-0.39, 0.29) is 17.4 Å². The average Bonchev–Trinajstić information content (AvgIpc) is 3.27. The molecule has 0 bridgehead atoms. The molecule has 1 fully saturated rings. The van der Waals surface area contributed by atoms with Crippen LogP contribution in [-0.4, -0.2) is 36.4 Å². The Morgan fingerprint density at radius 3 is 2.56 bits per heavy atom. The topological polar surface area (TPSA) is 91.5 Å². The number of anilines is 2. The van der Waals surface area contributed by atoms with Gasteiger partial charge in [-0.25, -0.2) is 9.97 Å². The molecule has 0 spiro atoms. The molecule has 10 heteroatoms. The summed E-state index contributed by atoms with van der Waals surface area (Å²) >= 11 is 0. The minimum Gasteiger partial charge on any atom is -0.493 e.